The highest BCUT2D eigenvalue weighted by Gasteiger charge is 1.95. The molecule has 0 atom stereocenters. The highest BCUT2D eigenvalue weighted by atomic mass is 14.0. The van der Waals surface area contributed by atoms with Crippen molar-refractivity contribution in [3.05, 3.63) is 6.42 Å². The second-order valence-corrected chi connectivity index (χ2v) is 6.24. The molecule has 0 aromatic rings. The van der Waals surface area contributed by atoms with Crippen LogP contribution in [-0.2, 0) is 0 Å². The molecule has 0 unspecified atom stereocenters. The molecule has 0 heterocycles. The lowest BCUT2D eigenvalue weighted by Crippen LogP contribution is -1.88. The van der Waals surface area contributed by atoms with E-state index in [0.29, 0.717) is 0 Å². The molecule has 0 aliphatic rings. The molecule has 0 aliphatic heterocycles. The van der Waals surface area contributed by atoms with Crippen molar-refractivity contribution in [1.29, 1.82) is 0 Å². The molecule has 0 heteroatoms. The molecule has 0 rings (SSSR count). The second-order valence-electron chi connectivity index (χ2n) is 6.24. The van der Waals surface area contributed by atoms with Crippen LogP contribution in [0.2, 0.25) is 0 Å². The molecule has 0 saturated heterocycles. The van der Waals surface area contributed by atoms with E-state index < -0.39 is 0 Å². The standard InChI is InChI=1S/C18H37/c1-4-5-6-7-8-9-10-11-12-13-14-15-16-17-18(2)3/h16,18H,4-15,17H2,1-3H3. The zero-order valence-corrected chi connectivity index (χ0v) is 13.3. The van der Waals surface area contributed by atoms with Crippen molar-refractivity contribution < 1.29 is 0 Å². The van der Waals surface area contributed by atoms with E-state index in [1.807, 2.05) is 0 Å². The molecule has 0 N–H and O–H groups in total. The fourth-order valence-corrected chi connectivity index (χ4v) is 2.40. The van der Waals surface area contributed by atoms with Gasteiger partial charge in [-0.1, -0.05) is 97.8 Å². The Balaban J connectivity index is 2.90. The van der Waals surface area contributed by atoms with Crippen molar-refractivity contribution in [3.63, 3.8) is 0 Å². The van der Waals surface area contributed by atoms with E-state index in [9.17, 15) is 0 Å². The van der Waals surface area contributed by atoms with Gasteiger partial charge < -0.3 is 0 Å². The first-order valence-electron chi connectivity index (χ1n) is 8.59. The highest BCUT2D eigenvalue weighted by Crippen LogP contribution is 2.13. The van der Waals surface area contributed by atoms with E-state index in [1.54, 1.807) is 0 Å². The SMILES string of the molecule is CCCCCCCCCCCCC[CH]CC(C)C. The summed E-state index contributed by atoms with van der Waals surface area (Å²) in [6.45, 7) is 6.90. The summed E-state index contributed by atoms with van der Waals surface area (Å²) in [7, 11) is 0. The maximum Gasteiger partial charge on any atom is -0.0383 e. The van der Waals surface area contributed by atoms with Gasteiger partial charge in [0.1, 0.15) is 0 Å². The van der Waals surface area contributed by atoms with Crippen molar-refractivity contribution in [3.8, 4) is 0 Å². The lowest BCUT2D eigenvalue weighted by atomic mass is 10.0. The lowest BCUT2D eigenvalue weighted by Gasteiger charge is -2.04. The fourth-order valence-electron chi connectivity index (χ4n) is 2.40. The van der Waals surface area contributed by atoms with Gasteiger partial charge in [0.15, 0.2) is 0 Å². The van der Waals surface area contributed by atoms with Crippen LogP contribution in [0.4, 0.5) is 0 Å². The molecule has 0 aromatic heterocycles. The molecular weight excluding hydrogens is 216 g/mol. The van der Waals surface area contributed by atoms with Gasteiger partial charge >= 0.3 is 0 Å². The monoisotopic (exact) mass is 253 g/mol. The van der Waals surface area contributed by atoms with Gasteiger partial charge in [-0.05, 0) is 18.8 Å². The topological polar surface area (TPSA) is 0 Å². The summed E-state index contributed by atoms with van der Waals surface area (Å²) in [5.41, 5.74) is 0. The quantitative estimate of drug-likeness (QED) is 0.294. The maximum atomic E-state index is 2.48. The van der Waals surface area contributed by atoms with E-state index in [-0.39, 0.29) is 0 Å². The highest BCUT2D eigenvalue weighted by molar-refractivity contribution is 4.66. The Labute approximate surface area is 117 Å². The van der Waals surface area contributed by atoms with Crippen molar-refractivity contribution in [2.45, 2.75) is 104 Å². The molecule has 18 heavy (non-hydrogen) atoms. The van der Waals surface area contributed by atoms with E-state index in [4.69, 9.17) is 0 Å². The van der Waals surface area contributed by atoms with Crippen LogP contribution in [0.25, 0.3) is 0 Å². The number of unbranched alkanes of at least 4 members (excludes halogenated alkanes) is 12. The van der Waals surface area contributed by atoms with Crippen molar-refractivity contribution in [2.75, 3.05) is 0 Å². The molecular formula is C18H37. The van der Waals surface area contributed by atoms with E-state index in [1.165, 1.54) is 83.5 Å². The van der Waals surface area contributed by atoms with Gasteiger partial charge in [0.05, 0.1) is 0 Å². The third-order valence-corrected chi connectivity index (χ3v) is 3.65. The first-order valence-corrected chi connectivity index (χ1v) is 8.59. The molecule has 0 spiro atoms. The third kappa shape index (κ3) is 16.0. The zero-order valence-electron chi connectivity index (χ0n) is 13.3. The lowest BCUT2D eigenvalue weighted by molar-refractivity contribution is 0.543. The summed E-state index contributed by atoms with van der Waals surface area (Å²) < 4.78 is 0. The van der Waals surface area contributed by atoms with E-state index in [0.717, 1.165) is 5.92 Å². The Morgan fingerprint density at radius 3 is 1.56 bits per heavy atom. The van der Waals surface area contributed by atoms with Crippen molar-refractivity contribution in [2.24, 2.45) is 5.92 Å². The largest absolute Gasteiger partial charge is 0.0654 e. The van der Waals surface area contributed by atoms with Crippen LogP contribution < -0.4 is 0 Å². The summed E-state index contributed by atoms with van der Waals surface area (Å²) >= 11 is 0. The van der Waals surface area contributed by atoms with Crippen LogP contribution >= 0.6 is 0 Å². The molecule has 109 valence electrons. The summed E-state index contributed by atoms with van der Waals surface area (Å²) in [4.78, 5) is 0. The molecule has 0 bridgehead atoms. The predicted molar refractivity (Wildman–Crippen MR) is 84.8 cm³/mol. The zero-order chi connectivity index (χ0) is 13.5. The van der Waals surface area contributed by atoms with Crippen LogP contribution in [0, 0.1) is 12.3 Å². The van der Waals surface area contributed by atoms with Gasteiger partial charge in [0.25, 0.3) is 0 Å². The van der Waals surface area contributed by atoms with Crippen LogP contribution in [0.1, 0.15) is 104 Å². The van der Waals surface area contributed by atoms with Gasteiger partial charge in [0, 0.05) is 0 Å². The van der Waals surface area contributed by atoms with E-state index in [2.05, 4.69) is 27.2 Å². The minimum absolute atomic E-state index is 0.845. The predicted octanol–water partition coefficient (Wildman–Crippen LogP) is 6.94. The summed E-state index contributed by atoms with van der Waals surface area (Å²) in [5.74, 6) is 0.845. The molecule has 1 radical (unpaired) electrons. The van der Waals surface area contributed by atoms with Gasteiger partial charge in [0.2, 0.25) is 0 Å². The molecule has 0 fully saturated rings. The second kappa shape index (κ2) is 15.1. The smallest absolute Gasteiger partial charge is 0.0383 e. The third-order valence-electron chi connectivity index (χ3n) is 3.65. The number of rotatable bonds is 14. The number of hydrogen-bond donors (Lipinski definition) is 0. The summed E-state index contributed by atoms with van der Waals surface area (Å²) in [6, 6.07) is 0. The van der Waals surface area contributed by atoms with Crippen LogP contribution in [0.5, 0.6) is 0 Å². The summed E-state index contributed by atoms with van der Waals surface area (Å²) in [5, 5.41) is 0. The molecule has 0 aromatic carbocycles. The minimum atomic E-state index is 0.845. The molecule has 0 aliphatic carbocycles. The van der Waals surface area contributed by atoms with Crippen LogP contribution in [-0.4, -0.2) is 0 Å². The van der Waals surface area contributed by atoms with Gasteiger partial charge in [-0.15, -0.1) is 0 Å². The first kappa shape index (κ1) is 18.0. The average Bonchev–Trinajstić information content (AvgIpc) is 2.34. The van der Waals surface area contributed by atoms with Gasteiger partial charge in [-0.25, -0.2) is 0 Å². The maximum absolute atomic E-state index is 2.48. The molecule has 0 saturated carbocycles. The van der Waals surface area contributed by atoms with Crippen LogP contribution in [0.15, 0.2) is 0 Å². The fraction of sp³-hybridized carbons (Fsp3) is 0.944. The average molecular weight is 253 g/mol. The molecule has 0 amide bonds. The molecule has 0 nitrogen and oxygen atoms in total. The summed E-state index contributed by atoms with van der Waals surface area (Å²) in [6.07, 6.45) is 21.1. The number of hydrogen-bond acceptors (Lipinski definition) is 0. The Hall–Kier alpha value is 0. The van der Waals surface area contributed by atoms with Crippen molar-refractivity contribution >= 4 is 0 Å². The Bertz CT molecular complexity index is 137. The Morgan fingerprint density at radius 2 is 1.11 bits per heavy atom. The van der Waals surface area contributed by atoms with Crippen LogP contribution in [0.3, 0.4) is 0 Å². The normalized spacial score (nSPS) is 11.3. The van der Waals surface area contributed by atoms with E-state index >= 15 is 0 Å². The Morgan fingerprint density at radius 1 is 0.667 bits per heavy atom. The first-order chi connectivity index (χ1) is 8.77. The van der Waals surface area contributed by atoms with Crippen molar-refractivity contribution in [1.82, 2.24) is 0 Å². The van der Waals surface area contributed by atoms with Gasteiger partial charge in [-0.3, -0.25) is 0 Å². The Kier molecular flexibility index (Phi) is 15.1. The van der Waals surface area contributed by atoms with Gasteiger partial charge in [-0.2, -0.15) is 0 Å². The minimum Gasteiger partial charge on any atom is -0.0654 e.